The predicted molar refractivity (Wildman–Crippen MR) is 189 cm³/mol. The molecular weight excluding hydrogens is 598 g/mol. The molecule has 256 valence electrons. The van der Waals surface area contributed by atoms with E-state index in [2.05, 4.69) is 76.1 Å². The highest BCUT2D eigenvalue weighted by Gasteiger charge is 2.67. The minimum atomic E-state index is -0.477. The molecule has 7 atom stereocenters. The first-order valence-corrected chi connectivity index (χ1v) is 18.1. The highest BCUT2D eigenvalue weighted by Crippen LogP contribution is 2.75. The van der Waals surface area contributed by atoms with Gasteiger partial charge in [0.2, 0.25) is 0 Å². The zero-order valence-electron chi connectivity index (χ0n) is 30.1. The van der Waals surface area contributed by atoms with Crippen LogP contribution in [0.15, 0.2) is 48.2 Å². The molecule has 1 aromatic heterocycles. The number of aromatic hydroxyl groups is 1. The van der Waals surface area contributed by atoms with Gasteiger partial charge in [-0.3, -0.25) is 9.59 Å². The summed E-state index contributed by atoms with van der Waals surface area (Å²) in [5, 5.41) is 12.8. The van der Waals surface area contributed by atoms with Gasteiger partial charge in [-0.2, -0.15) is 0 Å². The van der Waals surface area contributed by atoms with Gasteiger partial charge >= 0.3 is 11.9 Å². The average Bonchev–Trinajstić information content (AvgIpc) is 3.49. The van der Waals surface area contributed by atoms with Crippen LogP contribution in [0.3, 0.4) is 0 Å². The van der Waals surface area contributed by atoms with Gasteiger partial charge in [0.25, 0.3) is 0 Å². The summed E-state index contributed by atoms with van der Waals surface area (Å²) in [6.45, 7) is 16.0. The molecule has 4 aliphatic carbocycles. The molecule has 48 heavy (non-hydrogen) atoms. The van der Waals surface area contributed by atoms with Crippen molar-refractivity contribution >= 4 is 22.8 Å². The van der Waals surface area contributed by atoms with Crippen LogP contribution < -0.4 is 4.74 Å². The molecular formula is C42H53NO5. The average molecular weight is 652 g/mol. The number of nitrogens with one attached hydrogen (secondary N) is 1. The van der Waals surface area contributed by atoms with Gasteiger partial charge in [-0.05, 0) is 116 Å². The van der Waals surface area contributed by atoms with Crippen molar-refractivity contribution in [3.05, 3.63) is 70.4 Å². The number of rotatable bonds is 5. The number of benzene rings is 2. The van der Waals surface area contributed by atoms with Crippen molar-refractivity contribution in [1.29, 1.82) is 0 Å². The number of hydrogen-bond acceptors (Lipinski definition) is 5. The molecule has 6 nitrogen and oxygen atoms in total. The van der Waals surface area contributed by atoms with Crippen molar-refractivity contribution in [3.63, 3.8) is 0 Å². The van der Waals surface area contributed by atoms with Crippen molar-refractivity contribution in [2.45, 2.75) is 118 Å². The molecule has 3 aromatic rings. The van der Waals surface area contributed by atoms with Crippen LogP contribution in [0.4, 0.5) is 0 Å². The van der Waals surface area contributed by atoms with E-state index in [-0.39, 0.29) is 51.0 Å². The van der Waals surface area contributed by atoms with E-state index in [1.54, 1.807) is 0 Å². The standard InChI is InChI=1S/C42H53NO5/c1-9-12-34(45)48-36-25(2)35-27(28-24-43-30-14-11-10-13-26(28)30)21-32-40(5,29(35)22-31(36)44)18-20-42(7)33-23-39(4,37(46)47-8)16-15-38(33,3)17-19-41(32,42)6/h10-11,13-14,21-22,24,27,33,43-44H,9,12,15-20,23H2,1-8H3/t27?,33-,38-,39-,40+,41-,42+/m1/s1. The first-order valence-electron chi connectivity index (χ1n) is 18.1. The van der Waals surface area contributed by atoms with Crippen molar-refractivity contribution in [2.24, 2.45) is 27.6 Å². The zero-order valence-corrected chi connectivity index (χ0v) is 30.1. The SMILES string of the molecule is CCCC(=O)Oc1c(O)cc2c(c1C)C(c1c[nH]c3ccccc13)C=C1[C@@]2(C)CC[C@@]2(C)[C@@H]3C[C@](C)(C(=O)OC)CC[C@]3(C)CC[C@]12C. The van der Waals surface area contributed by atoms with E-state index >= 15 is 0 Å². The smallest absolute Gasteiger partial charge is 0.311 e. The Hall–Kier alpha value is -3.54. The number of allylic oxidation sites excluding steroid dienone is 2. The maximum atomic E-state index is 13.2. The van der Waals surface area contributed by atoms with Crippen molar-refractivity contribution in [1.82, 2.24) is 4.98 Å². The van der Waals surface area contributed by atoms with E-state index in [1.165, 1.54) is 23.6 Å². The van der Waals surface area contributed by atoms with E-state index in [1.807, 2.05) is 19.9 Å². The van der Waals surface area contributed by atoms with Gasteiger partial charge in [-0.25, -0.2) is 0 Å². The number of carbonyl (C=O) groups is 2. The molecule has 3 saturated carbocycles. The van der Waals surface area contributed by atoms with Crippen LogP contribution in [0, 0.1) is 34.5 Å². The van der Waals surface area contributed by atoms with Gasteiger partial charge in [0.1, 0.15) is 0 Å². The Morgan fingerprint density at radius 2 is 1.73 bits per heavy atom. The van der Waals surface area contributed by atoms with Gasteiger partial charge in [-0.15, -0.1) is 0 Å². The predicted octanol–water partition coefficient (Wildman–Crippen LogP) is 9.80. The number of hydrogen-bond donors (Lipinski definition) is 2. The Morgan fingerprint density at radius 1 is 1.00 bits per heavy atom. The summed E-state index contributed by atoms with van der Waals surface area (Å²) in [4.78, 5) is 29.5. The summed E-state index contributed by atoms with van der Waals surface area (Å²) in [6.07, 6.45) is 12.6. The van der Waals surface area contributed by atoms with Crippen LogP contribution in [0.2, 0.25) is 0 Å². The third kappa shape index (κ3) is 4.42. The lowest BCUT2D eigenvalue weighted by molar-refractivity contribution is -0.179. The van der Waals surface area contributed by atoms with Crippen molar-refractivity contribution in [3.8, 4) is 11.5 Å². The molecule has 2 aromatic carbocycles. The van der Waals surface area contributed by atoms with Gasteiger partial charge in [0.05, 0.1) is 12.5 Å². The van der Waals surface area contributed by atoms with Crippen molar-refractivity contribution in [2.75, 3.05) is 7.11 Å². The van der Waals surface area contributed by atoms with Gasteiger partial charge in [-0.1, -0.05) is 64.5 Å². The molecule has 0 radical (unpaired) electrons. The fraction of sp³-hybridized carbons (Fsp3) is 0.571. The van der Waals surface area contributed by atoms with Crippen molar-refractivity contribution < 1.29 is 24.2 Å². The van der Waals surface area contributed by atoms with E-state index in [0.717, 1.165) is 67.2 Å². The molecule has 2 N–H and O–H groups in total. The number of para-hydroxylation sites is 1. The van der Waals surface area contributed by atoms with Crippen LogP contribution in [0.5, 0.6) is 11.5 Å². The van der Waals surface area contributed by atoms with E-state index < -0.39 is 5.41 Å². The highest BCUT2D eigenvalue weighted by atomic mass is 16.5. The molecule has 3 fully saturated rings. The number of aromatic amines is 1. The Balaban J connectivity index is 1.44. The van der Waals surface area contributed by atoms with Crippen LogP contribution >= 0.6 is 0 Å². The molecule has 0 spiro atoms. The molecule has 1 heterocycles. The normalized spacial score (nSPS) is 35.5. The number of ether oxygens (including phenoxy) is 2. The Labute approximate surface area is 285 Å². The zero-order chi connectivity index (χ0) is 34.4. The number of esters is 2. The molecule has 0 saturated heterocycles. The lowest BCUT2D eigenvalue weighted by Crippen LogP contribution is -2.62. The number of phenols is 1. The van der Waals surface area contributed by atoms with Gasteiger partial charge in [0.15, 0.2) is 11.5 Å². The van der Waals surface area contributed by atoms with Crippen LogP contribution in [-0.2, 0) is 19.7 Å². The molecule has 1 unspecified atom stereocenters. The molecule has 0 aliphatic heterocycles. The molecule has 0 amide bonds. The highest BCUT2D eigenvalue weighted by molar-refractivity contribution is 5.85. The second kappa shape index (κ2) is 11.0. The summed E-state index contributed by atoms with van der Waals surface area (Å²) < 4.78 is 11.3. The lowest BCUT2D eigenvalue weighted by atomic mass is 9.34. The minimum Gasteiger partial charge on any atom is -0.504 e. The summed E-state index contributed by atoms with van der Waals surface area (Å²) in [5.74, 6) is 0.190. The maximum Gasteiger partial charge on any atom is 0.311 e. The Bertz CT molecular complexity index is 1850. The number of methoxy groups -OCH3 is 1. The number of fused-ring (bicyclic) bond motifs is 8. The molecule has 0 bridgehead atoms. The maximum absolute atomic E-state index is 13.2. The monoisotopic (exact) mass is 651 g/mol. The summed E-state index contributed by atoms with van der Waals surface area (Å²) >= 11 is 0. The van der Waals surface area contributed by atoms with Crippen LogP contribution in [-0.4, -0.2) is 29.1 Å². The number of aromatic nitrogens is 1. The first-order chi connectivity index (χ1) is 22.7. The molecule has 4 aliphatic rings. The third-order valence-electron chi connectivity index (χ3n) is 14.4. The number of H-pyrrole nitrogens is 1. The second-order valence-corrected chi connectivity index (χ2v) is 16.9. The fourth-order valence-corrected chi connectivity index (χ4v) is 11.3. The number of carbonyl (C=O) groups excluding carboxylic acids is 2. The largest absolute Gasteiger partial charge is 0.504 e. The van der Waals surface area contributed by atoms with Crippen LogP contribution in [0.1, 0.15) is 128 Å². The van der Waals surface area contributed by atoms with Crippen LogP contribution in [0.25, 0.3) is 10.9 Å². The van der Waals surface area contributed by atoms with Gasteiger partial charge in [0, 0.05) is 40.4 Å². The minimum absolute atomic E-state index is 0.0317. The first kappa shape index (κ1) is 33.0. The van der Waals surface area contributed by atoms with E-state index in [9.17, 15) is 14.7 Å². The van der Waals surface area contributed by atoms with E-state index in [4.69, 9.17) is 9.47 Å². The van der Waals surface area contributed by atoms with E-state index in [0.29, 0.717) is 18.8 Å². The summed E-state index contributed by atoms with van der Waals surface area (Å²) in [6, 6.07) is 10.4. The molecule has 6 heteroatoms. The Morgan fingerprint density at radius 3 is 2.46 bits per heavy atom. The quantitative estimate of drug-likeness (QED) is 0.163. The third-order valence-corrected chi connectivity index (χ3v) is 14.4. The summed E-state index contributed by atoms with van der Waals surface area (Å²) in [7, 11) is 1.53. The second-order valence-electron chi connectivity index (χ2n) is 16.9. The lowest BCUT2D eigenvalue weighted by Gasteiger charge is -2.70. The number of phenolic OH excluding ortho intramolecular Hbond substituents is 1. The fourth-order valence-electron chi connectivity index (χ4n) is 11.3. The molecule has 7 rings (SSSR count). The van der Waals surface area contributed by atoms with Gasteiger partial charge < -0.3 is 19.6 Å². The topological polar surface area (TPSA) is 88.6 Å². The Kier molecular flexibility index (Phi) is 7.55. The summed E-state index contributed by atoms with van der Waals surface area (Å²) in [5.41, 5.74) is 6.05.